The summed E-state index contributed by atoms with van der Waals surface area (Å²) < 4.78 is 5.83. The highest BCUT2D eigenvalue weighted by molar-refractivity contribution is 7.13. The number of thiophene rings is 1. The molecule has 102 valence electrons. The fraction of sp³-hybridized carbons (Fsp3) is 0.714. The van der Waals surface area contributed by atoms with Gasteiger partial charge in [-0.15, -0.1) is 11.3 Å². The maximum Gasteiger partial charge on any atom is 0.174 e. The summed E-state index contributed by atoms with van der Waals surface area (Å²) in [6, 6.07) is 3.91. The monoisotopic (exact) mass is 269 g/mol. The number of aliphatic hydroxyl groups excluding tert-OH is 1. The van der Waals surface area contributed by atoms with Crippen LogP contribution in [0.3, 0.4) is 0 Å². The molecule has 1 aromatic rings. The van der Waals surface area contributed by atoms with Crippen molar-refractivity contribution in [2.75, 3.05) is 13.2 Å². The Morgan fingerprint density at radius 2 is 2.11 bits per heavy atom. The second kappa shape index (κ2) is 7.12. The Bertz CT molecular complexity index is 347. The third-order valence-electron chi connectivity index (χ3n) is 3.56. The molecule has 4 heteroatoms. The van der Waals surface area contributed by atoms with Gasteiger partial charge in [0.25, 0.3) is 0 Å². The molecule has 0 aliphatic heterocycles. The van der Waals surface area contributed by atoms with E-state index < -0.39 is 6.10 Å². The fourth-order valence-corrected chi connectivity index (χ4v) is 3.33. The molecule has 0 amide bonds. The predicted molar refractivity (Wildman–Crippen MR) is 75.0 cm³/mol. The van der Waals surface area contributed by atoms with Crippen LogP contribution in [0.2, 0.25) is 0 Å². The zero-order valence-corrected chi connectivity index (χ0v) is 11.6. The number of rotatable bonds is 6. The van der Waals surface area contributed by atoms with E-state index in [1.165, 1.54) is 32.1 Å². The van der Waals surface area contributed by atoms with E-state index in [9.17, 15) is 5.11 Å². The summed E-state index contributed by atoms with van der Waals surface area (Å²) in [7, 11) is 0. The minimum atomic E-state index is -0.438. The number of hydrogen-bond acceptors (Lipinski definition) is 4. The molecule has 1 fully saturated rings. The molecule has 0 unspecified atom stereocenters. The topological polar surface area (TPSA) is 55.5 Å². The standard InChI is InChI=1S/C14H23NO2S/c15-9-8-12(16)13-6-7-14(18-13)17-10-11-4-2-1-3-5-11/h6-7,11-12,16H,1-5,8-10,15H2/t12-/m1/s1. The second-order valence-corrected chi connectivity index (χ2v) is 6.14. The van der Waals surface area contributed by atoms with E-state index in [1.807, 2.05) is 12.1 Å². The average Bonchev–Trinajstić information content (AvgIpc) is 2.87. The lowest BCUT2D eigenvalue weighted by molar-refractivity contribution is 0.174. The Hall–Kier alpha value is -0.580. The first-order valence-corrected chi connectivity index (χ1v) is 7.72. The van der Waals surface area contributed by atoms with E-state index in [4.69, 9.17) is 10.5 Å². The van der Waals surface area contributed by atoms with Gasteiger partial charge in [-0.05, 0) is 43.9 Å². The van der Waals surface area contributed by atoms with Gasteiger partial charge in [-0.2, -0.15) is 0 Å². The molecule has 0 aromatic carbocycles. The molecule has 1 aliphatic rings. The Morgan fingerprint density at radius 3 is 2.83 bits per heavy atom. The van der Waals surface area contributed by atoms with Crippen LogP contribution in [0.1, 0.15) is 49.5 Å². The summed E-state index contributed by atoms with van der Waals surface area (Å²) in [5.41, 5.74) is 5.44. The lowest BCUT2D eigenvalue weighted by Crippen LogP contribution is -2.14. The van der Waals surface area contributed by atoms with Crippen LogP contribution in [-0.4, -0.2) is 18.3 Å². The van der Waals surface area contributed by atoms with Crippen molar-refractivity contribution in [3.05, 3.63) is 17.0 Å². The zero-order valence-electron chi connectivity index (χ0n) is 10.8. The maximum absolute atomic E-state index is 9.83. The molecule has 18 heavy (non-hydrogen) atoms. The van der Waals surface area contributed by atoms with Gasteiger partial charge >= 0.3 is 0 Å². The highest BCUT2D eigenvalue weighted by Crippen LogP contribution is 2.32. The maximum atomic E-state index is 9.83. The minimum absolute atomic E-state index is 0.438. The molecule has 0 radical (unpaired) electrons. The van der Waals surface area contributed by atoms with Crippen LogP contribution < -0.4 is 10.5 Å². The summed E-state index contributed by atoms with van der Waals surface area (Å²) in [4.78, 5) is 0.957. The largest absolute Gasteiger partial charge is 0.484 e. The van der Waals surface area contributed by atoms with E-state index in [1.54, 1.807) is 11.3 Å². The third kappa shape index (κ3) is 3.97. The zero-order chi connectivity index (χ0) is 12.8. The summed E-state index contributed by atoms with van der Waals surface area (Å²) >= 11 is 1.54. The Labute approximate surface area is 113 Å². The third-order valence-corrected chi connectivity index (χ3v) is 4.66. The highest BCUT2D eigenvalue weighted by Gasteiger charge is 2.15. The van der Waals surface area contributed by atoms with Gasteiger partial charge in [0.1, 0.15) is 0 Å². The molecule has 3 nitrogen and oxygen atoms in total. The molecule has 0 saturated heterocycles. The summed E-state index contributed by atoms with van der Waals surface area (Å²) in [5.74, 6) is 0.721. The van der Waals surface area contributed by atoms with E-state index in [0.717, 1.165) is 22.5 Å². The first-order valence-electron chi connectivity index (χ1n) is 6.90. The van der Waals surface area contributed by atoms with E-state index in [2.05, 4.69) is 0 Å². The van der Waals surface area contributed by atoms with Crippen LogP contribution in [-0.2, 0) is 0 Å². The summed E-state index contributed by atoms with van der Waals surface area (Å²) in [6.45, 7) is 1.34. The summed E-state index contributed by atoms with van der Waals surface area (Å²) in [6.07, 6.45) is 6.85. The lowest BCUT2D eigenvalue weighted by Gasteiger charge is -2.21. The van der Waals surface area contributed by atoms with Crippen molar-refractivity contribution in [3.63, 3.8) is 0 Å². The van der Waals surface area contributed by atoms with Gasteiger partial charge in [-0.1, -0.05) is 19.3 Å². The SMILES string of the molecule is NCC[C@@H](O)c1ccc(OCC2CCCCC2)s1. The Kier molecular flexibility index (Phi) is 5.47. The molecule has 3 N–H and O–H groups in total. The predicted octanol–water partition coefficient (Wildman–Crippen LogP) is 3.09. The second-order valence-electron chi connectivity index (χ2n) is 5.06. The molecule has 1 saturated carbocycles. The van der Waals surface area contributed by atoms with E-state index in [0.29, 0.717) is 13.0 Å². The van der Waals surface area contributed by atoms with Crippen molar-refractivity contribution in [1.29, 1.82) is 0 Å². The van der Waals surface area contributed by atoms with Crippen LogP contribution in [0.4, 0.5) is 0 Å². The molecule has 1 atom stereocenters. The van der Waals surface area contributed by atoms with Crippen molar-refractivity contribution < 1.29 is 9.84 Å². The van der Waals surface area contributed by atoms with Gasteiger partial charge in [0, 0.05) is 4.88 Å². The number of aliphatic hydroxyl groups is 1. The van der Waals surface area contributed by atoms with Crippen molar-refractivity contribution >= 4 is 11.3 Å². The minimum Gasteiger partial charge on any atom is -0.484 e. The van der Waals surface area contributed by atoms with Crippen LogP contribution in [0.15, 0.2) is 12.1 Å². The van der Waals surface area contributed by atoms with Gasteiger partial charge in [0.2, 0.25) is 0 Å². The quantitative estimate of drug-likeness (QED) is 0.834. The van der Waals surface area contributed by atoms with Crippen molar-refractivity contribution in [3.8, 4) is 5.06 Å². The average molecular weight is 269 g/mol. The highest BCUT2D eigenvalue weighted by atomic mass is 32.1. The molecular formula is C14H23NO2S. The van der Waals surface area contributed by atoms with Crippen molar-refractivity contribution in [2.24, 2.45) is 11.7 Å². The molecule has 1 heterocycles. The van der Waals surface area contributed by atoms with Crippen molar-refractivity contribution in [2.45, 2.75) is 44.6 Å². The van der Waals surface area contributed by atoms with Gasteiger partial charge < -0.3 is 15.6 Å². The van der Waals surface area contributed by atoms with Gasteiger partial charge in [-0.3, -0.25) is 0 Å². The van der Waals surface area contributed by atoms with Crippen LogP contribution in [0, 0.1) is 5.92 Å². The summed E-state index contributed by atoms with van der Waals surface area (Å²) in [5, 5.41) is 10.7. The number of hydrogen-bond donors (Lipinski definition) is 2. The fourth-order valence-electron chi connectivity index (χ4n) is 2.44. The van der Waals surface area contributed by atoms with Crippen LogP contribution in [0.5, 0.6) is 5.06 Å². The molecule has 0 bridgehead atoms. The molecule has 1 aliphatic carbocycles. The van der Waals surface area contributed by atoms with E-state index >= 15 is 0 Å². The first kappa shape index (κ1) is 13.8. The van der Waals surface area contributed by atoms with Gasteiger partial charge in [0.15, 0.2) is 5.06 Å². The number of nitrogens with two attached hydrogens (primary N) is 1. The lowest BCUT2D eigenvalue weighted by atomic mass is 9.90. The molecule has 0 spiro atoms. The first-order chi connectivity index (χ1) is 8.79. The number of ether oxygens (including phenoxy) is 1. The Balaban J connectivity index is 1.79. The van der Waals surface area contributed by atoms with Gasteiger partial charge in [0.05, 0.1) is 12.7 Å². The van der Waals surface area contributed by atoms with Gasteiger partial charge in [-0.25, -0.2) is 0 Å². The van der Waals surface area contributed by atoms with Crippen molar-refractivity contribution in [1.82, 2.24) is 0 Å². The van der Waals surface area contributed by atoms with Crippen LogP contribution >= 0.6 is 11.3 Å². The molecule has 1 aromatic heterocycles. The van der Waals surface area contributed by atoms with Crippen LogP contribution in [0.25, 0.3) is 0 Å². The smallest absolute Gasteiger partial charge is 0.174 e. The molecular weight excluding hydrogens is 246 g/mol. The molecule has 2 rings (SSSR count). The Morgan fingerprint density at radius 1 is 1.33 bits per heavy atom. The van der Waals surface area contributed by atoms with E-state index in [-0.39, 0.29) is 0 Å². The normalized spacial score (nSPS) is 18.8.